The highest BCUT2D eigenvalue weighted by Crippen LogP contribution is 2.33. The molecule has 4 rings (SSSR count). The Morgan fingerprint density at radius 3 is 2.59 bits per heavy atom. The molecule has 0 radical (unpaired) electrons. The van der Waals surface area contributed by atoms with E-state index in [0.29, 0.717) is 33.8 Å². The first kappa shape index (κ1) is 25.6. The molecular weight excluding hydrogens is 483 g/mol. The van der Waals surface area contributed by atoms with Crippen LogP contribution in [0.3, 0.4) is 0 Å². The van der Waals surface area contributed by atoms with Gasteiger partial charge in [-0.2, -0.15) is 0 Å². The molecule has 11 nitrogen and oxygen atoms in total. The molecule has 3 aromatic heterocycles. The SMILES string of the molecule is COC(=O)C(=O)NCc1cc(F)cc(-c2cc3c(nc(N(C)C(=O)OC(C)(C)C)c4ncn(C)c43)[nH]2)c1. The fraction of sp³-hybridized carbons (Fsp3) is 0.320. The number of ether oxygens (including phenoxy) is 2. The number of fused-ring (bicyclic) bond motifs is 3. The monoisotopic (exact) mass is 510 g/mol. The third-order valence-electron chi connectivity index (χ3n) is 5.50. The van der Waals surface area contributed by atoms with Crippen LogP contribution in [-0.2, 0) is 32.7 Å². The van der Waals surface area contributed by atoms with Gasteiger partial charge in [0.05, 0.1) is 19.0 Å². The maximum Gasteiger partial charge on any atom is 0.415 e. The molecule has 0 fully saturated rings. The van der Waals surface area contributed by atoms with E-state index in [9.17, 15) is 18.8 Å². The Labute approximate surface area is 211 Å². The summed E-state index contributed by atoms with van der Waals surface area (Å²) >= 11 is 0. The number of aromatic amines is 1. The number of hydrogen-bond acceptors (Lipinski definition) is 7. The van der Waals surface area contributed by atoms with Crippen molar-refractivity contribution in [2.24, 2.45) is 7.05 Å². The normalized spacial score (nSPS) is 11.5. The number of nitrogens with one attached hydrogen (secondary N) is 2. The molecule has 0 saturated carbocycles. The van der Waals surface area contributed by atoms with Crippen LogP contribution in [0.25, 0.3) is 33.3 Å². The number of carbonyl (C=O) groups excluding carboxylic acids is 3. The summed E-state index contributed by atoms with van der Waals surface area (Å²) in [7, 11) is 4.48. The first-order chi connectivity index (χ1) is 17.4. The average molecular weight is 511 g/mol. The third kappa shape index (κ3) is 5.22. The average Bonchev–Trinajstić information content (AvgIpc) is 3.43. The highest BCUT2D eigenvalue weighted by molar-refractivity contribution is 6.32. The Bertz CT molecular complexity index is 1530. The van der Waals surface area contributed by atoms with Gasteiger partial charge in [0, 0.05) is 37.3 Å². The largest absolute Gasteiger partial charge is 0.462 e. The Hall–Kier alpha value is -4.48. The minimum Gasteiger partial charge on any atom is -0.462 e. The van der Waals surface area contributed by atoms with Crippen molar-refractivity contribution in [1.29, 1.82) is 0 Å². The molecule has 37 heavy (non-hydrogen) atoms. The second-order valence-electron chi connectivity index (χ2n) is 9.50. The van der Waals surface area contributed by atoms with E-state index in [4.69, 9.17) is 4.74 Å². The molecular formula is C25H27FN6O5. The third-order valence-corrected chi connectivity index (χ3v) is 5.50. The fourth-order valence-corrected chi connectivity index (χ4v) is 3.84. The van der Waals surface area contributed by atoms with E-state index >= 15 is 0 Å². The van der Waals surface area contributed by atoms with Crippen LogP contribution in [0.1, 0.15) is 26.3 Å². The summed E-state index contributed by atoms with van der Waals surface area (Å²) in [6, 6.07) is 6.09. The van der Waals surface area contributed by atoms with E-state index in [1.807, 2.05) is 17.7 Å². The van der Waals surface area contributed by atoms with Crippen LogP contribution >= 0.6 is 0 Å². The smallest absolute Gasteiger partial charge is 0.415 e. The predicted octanol–water partition coefficient (Wildman–Crippen LogP) is 3.42. The molecule has 0 spiro atoms. The molecule has 1 aromatic carbocycles. The number of amides is 2. The molecule has 0 unspecified atom stereocenters. The van der Waals surface area contributed by atoms with Crippen LogP contribution in [0, 0.1) is 5.82 Å². The number of benzene rings is 1. The first-order valence-corrected chi connectivity index (χ1v) is 11.3. The number of rotatable bonds is 4. The summed E-state index contributed by atoms with van der Waals surface area (Å²) < 4.78 is 26.1. The molecule has 0 atom stereocenters. The number of aromatic nitrogens is 4. The number of H-pyrrole nitrogens is 1. The minimum absolute atomic E-state index is 0.0754. The van der Waals surface area contributed by atoms with Crippen molar-refractivity contribution in [2.45, 2.75) is 32.9 Å². The Balaban J connectivity index is 1.75. The quantitative estimate of drug-likeness (QED) is 0.318. The highest BCUT2D eigenvalue weighted by Gasteiger charge is 2.25. The molecule has 3 heterocycles. The van der Waals surface area contributed by atoms with Crippen LogP contribution in [0.15, 0.2) is 30.6 Å². The van der Waals surface area contributed by atoms with Gasteiger partial charge in [0.2, 0.25) is 0 Å². The Morgan fingerprint density at radius 2 is 1.92 bits per heavy atom. The molecule has 2 amide bonds. The maximum atomic E-state index is 14.5. The molecule has 4 aromatic rings. The summed E-state index contributed by atoms with van der Waals surface area (Å²) in [6.07, 6.45) is 1.04. The van der Waals surface area contributed by atoms with Gasteiger partial charge in [0.1, 0.15) is 22.6 Å². The molecule has 2 N–H and O–H groups in total. The predicted molar refractivity (Wildman–Crippen MR) is 134 cm³/mol. The number of halogens is 1. The van der Waals surface area contributed by atoms with E-state index in [0.717, 1.165) is 18.0 Å². The summed E-state index contributed by atoms with van der Waals surface area (Å²) in [6.45, 7) is 5.25. The maximum absolute atomic E-state index is 14.5. The van der Waals surface area contributed by atoms with E-state index in [1.54, 1.807) is 40.2 Å². The summed E-state index contributed by atoms with van der Waals surface area (Å²) in [5.74, 6) is -2.19. The molecule has 0 bridgehead atoms. The van der Waals surface area contributed by atoms with Gasteiger partial charge < -0.3 is 24.3 Å². The van der Waals surface area contributed by atoms with Crippen LogP contribution in [0.2, 0.25) is 0 Å². The number of nitrogens with zero attached hydrogens (tertiary/aromatic N) is 4. The summed E-state index contributed by atoms with van der Waals surface area (Å²) in [4.78, 5) is 49.3. The number of hydrogen-bond donors (Lipinski definition) is 2. The number of imidazole rings is 1. The highest BCUT2D eigenvalue weighted by atomic mass is 19.1. The topological polar surface area (TPSA) is 131 Å². The van der Waals surface area contributed by atoms with Gasteiger partial charge in [-0.05, 0) is 50.6 Å². The standard InChI is InChI=1S/C25H27FN6O5/c1-25(2,3)37-24(35)32(5)21-18-19(31(4)12-28-18)16-10-17(29-20(16)30-21)14-7-13(8-15(26)9-14)11-27-22(33)23(34)36-6/h7-10,12H,11H2,1-6H3,(H,27,33)(H,29,30). The number of aryl methyl sites for hydroxylation is 1. The van der Waals surface area contributed by atoms with Crippen molar-refractivity contribution >= 4 is 45.9 Å². The van der Waals surface area contributed by atoms with Gasteiger partial charge in [0.25, 0.3) is 0 Å². The van der Waals surface area contributed by atoms with Gasteiger partial charge in [-0.25, -0.2) is 23.9 Å². The van der Waals surface area contributed by atoms with E-state index in [1.165, 1.54) is 17.0 Å². The molecule has 12 heteroatoms. The van der Waals surface area contributed by atoms with Gasteiger partial charge in [-0.1, -0.05) is 0 Å². The lowest BCUT2D eigenvalue weighted by Gasteiger charge is -2.24. The number of carbonyl (C=O) groups is 3. The van der Waals surface area contributed by atoms with Gasteiger partial charge in [-0.15, -0.1) is 0 Å². The zero-order valence-electron chi connectivity index (χ0n) is 21.3. The Kier molecular flexibility index (Phi) is 6.59. The molecule has 0 aliphatic heterocycles. The lowest BCUT2D eigenvalue weighted by Crippen LogP contribution is -2.34. The van der Waals surface area contributed by atoms with Crippen LogP contribution < -0.4 is 10.2 Å². The molecule has 0 aliphatic carbocycles. The number of anilines is 1. The number of pyridine rings is 1. The molecule has 0 saturated heterocycles. The van der Waals surface area contributed by atoms with Gasteiger partial charge >= 0.3 is 18.0 Å². The van der Waals surface area contributed by atoms with Crippen molar-refractivity contribution in [2.75, 3.05) is 19.1 Å². The van der Waals surface area contributed by atoms with Crippen LogP contribution in [-0.4, -0.2) is 57.2 Å². The van der Waals surface area contributed by atoms with Crippen molar-refractivity contribution in [3.63, 3.8) is 0 Å². The van der Waals surface area contributed by atoms with E-state index in [2.05, 4.69) is 25.0 Å². The Morgan fingerprint density at radius 1 is 1.19 bits per heavy atom. The van der Waals surface area contributed by atoms with Crippen molar-refractivity contribution in [1.82, 2.24) is 24.8 Å². The first-order valence-electron chi connectivity index (χ1n) is 11.3. The lowest BCUT2D eigenvalue weighted by atomic mass is 10.1. The van der Waals surface area contributed by atoms with Crippen molar-refractivity contribution < 1.29 is 28.2 Å². The lowest BCUT2D eigenvalue weighted by molar-refractivity contribution is -0.152. The summed E-state index contributed by atoms with van der Waals surface area (Å²) in [5.41, 5.74) is 2.49. The van der Waals surface area contributed by atoms with E-state index < -0.39 is 29.4 Å². The zero-order valence-corrected chi connectivity index (χ0v) is 21.3. The van der Waals surface area contributed by atoms with Crippen molar-refractivity contribution in [3.8, 4) is 11.3 Å². The second kappa shape index (κ2) is 9.52. The summed E-state index contributed by atoms with van der Waals surface area (Å²) in [5, 5.41) is 3.11. The van der Waals surface area contributed by atoms with Crippen molar-refractivity contribution in [3.05, 3.63) is 42.0 Å². The molecule has 0 aliphatic rings. The minimum atomic E-state index is -1.04. The zero-order chi connectivity index (χ0) is 27.1. The second-order valence-corrected chi connectivity index (χ2v) is 9.50. The van der Waals surface area contributed by atoms with Gasteiger partial charge in [0.15, 0.2) is 5.82 Å². The molecule has 194 valence electrons. The van der Waals surface area contributed by atoms with E-state index in [-0.39, 0.29) is 6.54 Å². The number of esters is 1. The van der Waals surface area contributed by atoms with Crippen LogP contribution in [0.4, 0.5) is 15.0 Å². The fourth-order valence-electron chi connectivity index (χ4n) is 3.84. The number of methoxy groups -OCH3 is 1. The van der Waals surface area contributed by atoms with Crippen LogP contribution in [0.5, 0.6) is 0 Å². The van der Waals surface area contributed by atoms with Gasteiger partial charge in [-0.3, -0.25) is 9.69 Å².